The summed E-state index contributed by atoms with van der Waals surface area (Å²) in [5, 5.41) is 4.05. The zero-order valence-electron chi connectivity index (χ0n) is 16.7. The third-order valence-electron chi connectivity index (χ3n) is 6.36. The van der Waals surface area contributed by atoms with Crippen molar-refractivity contribution in [1.82, 2.24) is 25.7 Å². The molecular weight excluding hydrogens is 418 g/mol. The Balaban J connectivity index is 1.22. The summed E-state index contributed by atoms with van der Waals surface area (Å²) >= 11 is 0. The highest BCUT2D eigenvalue weighted by Gasteiger charge is 2.49. The van der Waals surface area contributed by atoms with Crippen molar-refractivity contribution in [3.8, 4) is 0 Å². The van der Waals surface area contributed by atoms with Crippen LogP contribution in [0.2, 0.25) is 0 Å². The van der Waals surface area contributed by atoms with Gasteiger partial charge < -0.3 is 10.2 Å². The molecule has 0 aromatic carbocycles. The average Bonchev–Trinajstić information content (AvgIpc) is 3.27. The van der Waals surface area contributed by atoms with Gasteiger partial charge in [-0.2, -0.15) is 13.5 Å². The van der Waals surface area contributed by atoms with Crippen LogP contribution in [0.5, 0.6) is 0 Å². The highest BCUT2D eigenvalue weighted by Crippen LogP contribution is 2.30. The lowest BCUT2D eigenvalue weighted by molar-refractivity contribution is -0.139. The number of carbonyl (C=O) groups excluding carboxylic acids is 2. The van der Waals surface area contributed by atoms with Crippen molar-refractivity contribution >= 4 is 22.3 Å². The van der Waals surface area contributed by atoms with Gasteiger partial charge in [0.15, 0.2) is 0 Å². The minimum atomic E-state index is -4.81. The van der Waals surface area contributed by atoms with E-state index in [-0.39, 0.29) is 12.6 Å². The Labute approximate surface area is 175 Å². The molecule has 0 aromatic rings. The van der Waals surface area contributed by atoms with Crippen LogP contribution < -0.4 is 10.8 Å². The number of rotatable bonds is 7. The van der Waals surface area contributed by atoms with E-state index in [9.17, 15) is 18.0 Å². The Morgan fingerprint density at radius 3 is 2.70 bits per heavy atom. The van der Waals surface area contributed by atoms with E-state index in [4.69, 9.17) is 9.39 Å². The van der Waals surface area contributed by atoms with Gasteiger partial charge in [0.1, 0.15) is 6.04 Å². The van der Waals surface area contributed by atoms with Crippen LogP contribution in [-0.2, 0) is 24.3 Å². The molecule has 13 heteroatoms. The van der Waals surface area contributed by atoms with E-state index in [1.165, 1.54) is 24.2 Å². The van der Waals surface area contributed by atoms with E-state index in [1.807, 2.05) is 0 Å². The summed E-state index contributed by atoms with van der Waals surface area (Å²) in [5.41, 5.74) is 2.43. The molecule has 4 heterocycles. The molecule has 3 amide bonds. The Bertz CT molecular complexity index is 760. The number of hydroxylamine groups is 3. The smallest absolute Gasteiger partial charge is 0.310 e. The number of nitrogens with zero attached hydrogens (tertiary/aromatic N) is 3. The van der Waals surface area contributed by atoms with Gasteiger partial charge >= 0.3 is 16.4 Å². The van der Waals surface area contributed by atoms with Crippen LogP contribution in [0.25, 0.3) is 0 Å². The molecule has 0 aromatic heterocycles. The lowest BCUT2D eigenvalue weighted by Crippen LogP contribution is -2.50. The molecule has 0 radical (unpaired) electrons. The van der Waals surface area contributed by atoms with Crippen molar-refractivity contribution in [3.63, 3.8) is 0 Å². The van der Waals surface area contributed by atoms with E-state index in [0.717, 1.165) is 26.1 Å². The first-order valence-electron chi connectivity index (χ1n) is 10.5. The first kappa shape index (κ1) is 21.7. The first-order chi connectivity index (χ1) is 14.3. The second kappa shape index (κ2) is 8.93. The molecule has 0 aliphatic carbocycles. The minimum absolute atomic E-state index is 0.147. The lowest BCUT2D eigenvalue weighted by Gasteiger charge is -2.31. The van der Waals surface area contributed by atoms with Crippen LogP contribution in [0.1, 0.15) is 38.5 Å². The maximum Gasteiger partial charge on any atom is 0.418 e. The third kappa shape index (κ3) is 4.86. The van der Waals surface area contributed by atoms with Crippen LogP contribution in [0.3, 0.4) is 0 Å². The predicted octanol–water partition coefficient (Wildman–Crippen LogP) is -0.746. The number of urea groups is 1. The molecule has 170 valence electrons. The molecule has 30 heavy (non-hydrogen) atoms. The van der Waals surface area contributed by atoms with Crippen molar-refractivity contribution in [3.05, 3.63) is 0 Å². The summed E-state index contributed by atoms with van der Waals surface area (Å²) in [6.45, 7) is 3.67. The molecule has 4 saturated heterocycles. The van der Waals surface area contributed by atoms with Gasteiger partial charge in [0.05, 0.1) is 12.6 Å². The van der Waals surface area contributed by atoms with Crippen LogP contribution in [0.15, 0.2) is 0 Å². The topological polar surface area (TPSA) is 141 Å². The third-order valence-corrected chi connectivity index (χ3v) is 6.71. The number of piperidine rings is 2. The molecular formula is C17H29N5O7S. The molecule has 4 atom stereocenters. The number of likely N-dealkylation sites (tertiary alicyclic amines) is 1. The fourth-order valence-electron chi connectivity index (χ4n) is 4.87. The average molecular weight is 448 g/mol. The van der Waals surface area contributed by atoms with Crippen LogP contribution in [0.4, 0.5) is 4.79 Å². The normalized spacial score (nSPS) is 32.6. The van der Waals surface area contributed by atoms with Gasteiger partial charge in [0.25, 0.3) is 5.91 Å². The lowest BCUT2D eigenvalue weighted by atomic mass is 10.0. The molecule has 0 spiro atoms. The molecule has 0 saturated carbocycles. The molecule has 4 aliphatic rings. The second-order valence-corrected chi connectivity index (χ2v) is 9.38. The highest BCUT2D eigenvalue weighted by atomic mass is 32.3. The minimum Gasteiger partial charge on any atom is -0.310 e. The van der Waals surface area contributed by atoms with Gasteiger partial charge in [0.2, 0.25) is 0 Å². The Morgan fingerprint density at radius 1 is 1.20 bits per heavy atom. The summed E-state index contributed by atoms with van der Waals surface area (Å²) in [6, 6.07) is -1.42. The van der Waals surface area contributed by atoms with Crippen molar-refractivity contribution < 1.29 is 31.7 Å². The molecule has 4 aliphatic heterocycles. The number of amides is 3. The van der Waals surface area contributed by atoms with Gasteiger partial charge in [-0.25, -0.2) is 10.3 Å². The molecule has 2 bridgehead atoms. The van der Waals surface area contributed by atoms with Crippen molar-refractivity contribution in [2.75, 3.05) is 32.8 Å². The van der Waals surface area contributed by atoms with E-state index in [0.29, 0.717) is 30.6 Å². The first-order valence-corrected chi connectivity index (χ1v) is 11.8. The molecule has 4 rings (SSSR count). The quantitative estimate of drug-likeness (QED) is 0.340. The summed E-state index contributed by atoms with van der Waals surface area (Å²) in [4.78, 5) is 34.1. The Kier molecular flexibility index (Phi) is 6.46. The van der Waals surface area contributed by atoms with E-state index in [1.54, 1.807) is 0 Å². The molecule has 3 N–H and O–H groups in total. The number of hydrogen-bond acceptors (Lipinski definition) is 8. The van der Waals surface area contributed by atoms with E-state index < -0.39 is 34.4 Å². The van der Waals surface area contributed by atoms with Crippen molar-refractivity contribution in [2.24, 2.45) is 0 Å². The van der Waals surface area contributed by atoms with E-state index >= 15 is 0 Å². The molecule has 2 unspecified atom stereocenters. The summed E-state index contributed by atoms with van der Waals surface area (Å²) in [7, 11) is -4.81. The SMILES string of the molecule is O=C(NOC[C@@H]1C[C@@H](N2CCCCC2)CN1)C1CCC2CN1C(=O)N2OS(=O)(=O)O. The van der Waals surface area contributed by atoms with Gasteiger partial charge in [-0.15, -0.1) is 4.28 Å². The molecule has 4 fully saturated rings. The number of fused-ring (bicyclic) bond motifs is 2. The zero-order valence-corrected chi connectivity index (χ0v) is 17.6. The van der Waals surface area contributed by atoms with E-state index in [2.05, 4.69) is 20.0 Å². The number of nitrogens with one attached hydrogen (secondary N) is 2. The van der Waals surface area contributed by atoms with Crippen LogP contribution in [-0.4, -0.2) is 96.7 Å². The standard InChI is InChI=1S/C17H29N5O7S/c23-16(15-5-4-13-10-21(15)17(24)22(13)29-30(25,26)27)19-28-11-12-8-14(9-18-12)20-6-2-1-3-7-20/h12-15,18H,1-11H2,(H,19,23)(H,25,26,27)/t12-,13?,14+,15?/m0/s1. The maximum atomic E-state index is 12.5. The molecule has 12 nitrogen and oxygen atoms in total. The van der Waals surface area contributed by atoms with Gasteiger partial charge in [0, 0.05) is 25.2 Å². The summed E-state index contributed by atoms with van der Waals surface area (Å²) < 4.78 is 35.1. The largest absolute Gasteiger partial charge is 0.418 e. The van der Waals surface area contributed by atoms with Gasteiger partial charge in [-0.3, -0.25) is 19.1 Å². The number of carbonyl (C=O) groups is 2. The predicted molar refractivity (Wildman–Crippen MR) is 103 cm³/mol. The Morgan fingerprint density at radius 2 is 1.97 bits per heavy atom. The summed E-state index contributed by atoms with van der Waals surface area (Å²) in [5.74, 6) is -0.457. The fourth-order valence-corrected chi connectivity index (χ4v) is 5.26. The van der Waals surface area contributed by atoms with Crippen LogP contribution in [0, 0.1) is 0 Å². The van der Waals surface area contributed by atoms with Crippen LogP contribution >= 0.6 is 0 Å². The highest BCUT2D eigenvalue weighted by molar-refractivity contribution is 7.80. The Hall–Kier alpha value is -1.51. The number of hydrogen-bond donors (Lipinski definition) is 3. The van der Waals surface area contributed by atoms with Crippen molar-refractivity contribution in [1.29, 1.82) is 0 Å². The maximum absolute atomic E-state index is 12.5. The summed E-state index contributed by atoms with van der Waals surface area (Å²) in [6.07, 6.45) is 5.48. The fraction of sp³-hybridized carbons (Fsp3) is 0.882. The monoisotopic (exact) mass is 447 g/mol. The van der Waals surface area contributed by atoms with Crippen molar-refractivity contribution in [2.45, 2.75) is 62.7 Å². The zero-order chi connectivity index (χ0) is 21.3. The van der Waals surface area contributed by atoms with Gasteiger partial charge in [-0.1, -0.05) is 6.42 Å². The van der Waals surface area contributed by atoms with Gasteiger partial charge in [-0.05, 0) is 45.2 Å². The second-order valence-electron chi connectivity index (χ2n) is 8.38.